The first kappa shape index (κ1) is 19.4. The topological polar surface area (TPSA) is 64.8 Å². The van der Waals surface area contributed by atoms with Crippen LogP contribution in [0.1, 0.15) is 25.3 Å². The zero-order valence-corrected chi connectivity index (χ0v) is 17.7. The Kier molecular flexibility index (Phi) is 5.15. The number of carbonyl (C=O) groups is 1. The molecule has 3 saturated heterocycles. The molecule has 2 unspecified atom stereocenters. The van der Waals surface area contributed by atoms with Crippen molar-refractivity contribution in [3.05, 3.63) is 36.0 Å². The van der Waals surface area contributed by atoms with Crippen LogP contribution >= 0.6 is 0 Å². The highest BCUT2D eigenvalue weighted by Gasteiger charge is 2.41. The largest absolute Gasteiger partial charge is 0.465 e. The number of anilines is 1. The molecule has 0 aliphatic carbocycles. The van der Waals surface area contributed by atoms with Crippen molar-refractivity contribution in [1.82, 2.24) is 19.6 Å². The average molecular weight is 410 g/mol. The van der Waals surface area contributed by atoms with Crippen LogP contribution in [0.2, 0.25) is 0 Å². The monoisotopic (exact) mass is 409 g/mol. The lowest BCUT2D eigenvalue weighted by molar-refractivity contribution is 0.148. The van der Waals surface area contributed by atoms with E-state index in [1.54, 1.807) is 4.90 Å². The van der Waals surface area contributed by atoms with Gasteiger partial charge in [-0.15, -0.1) is 0 Å². The second kappa shape index (κ2) is 7.95. The predicted octanol–water partition coefficient (Wildman–Crippen LogP) is 3.21. The normalized spacial score (nSPS) is 24.0. The Morgan fingerprint density at radius 1 is 1.13 bits per heavy atom. The van der Waals surface area contributed by atoms with Crippen molar-refractivity contribution < 1.29 is 9.90 Å². The van der Waals surface area contributed by atoms with E-state index in [9.17, 15) is 9.90 Å². The molecule has 7 heteroatoms. The third-order valence-electron chi connectivity index (χ3n) is 6.98. The number of carboxylic acid groups (broad SMARTS) is 1. The van der Waals surface area contributed by atoms with Crippen LogP contribution in [-0.2, 0) is 13.1 Å². The summed E-state index contributed by atoms with van der Waals surface area (Å²) >= 11 is 0. The third-order valence-corrected chi connectivity index (χ3v) is 6.98. The zero-order chi connectivity index (χ0) is 20.7. The Hall–Kier alpha value is -2.54. The smallest absolute Gasteiger partial charge is 0.407 e. The van der Waals surface area contributed by atoms with Gasteiger partial charge in [-0.05, 0) is 43.7 Å². The fraction of sp³-hybridized carbons (Fsp3) is 0.565. The van der Waals surface area contributed by atoms with Crippen molar-refractivity contribution in [2.75, 3.05) is 44.2 Å². The van der Waals surface area contributed by atoms with Crippen molar-refractivity contribution in [2.45, 2.75) is 32.9 Å². The molecular formula is C23H31N5O2. The molecule has 1 N–H and O–H groups in total. The van der Waals surface area contributed by atoms with E-state index >= 15 is 0 Å². The first-order chi connectivity index (χ1) is 14.6. The van der Waals surface area contributed by atoms with Crippen molar-refractivity contribution in [3.8, 4) is 11.3 Å². The molecule has 3 fully saturated rings. The highest BCUT2D eigenvalue weighted by Crippen LogP contribution is 2.34. The van der Waals surface area contributed by atoms with Crippen LogP contribution in [0.4, 0.5) is 10.5 Å². The Morgan fingerprint density at radius 2 is 1.87 bits per heavy atom. The molecule has 0 bridgehead atoms. The molecule has 4 heterocycles. The van der Waals surface area contributed by atoms with Gasteiger partial charge in [-0.3, -0.25) is 9.58 Å². The van der Waals surface area contributed by atoms with Crippen LogP contribution in [0.5, 0.6) is 0 Å². The molecule has 2 aromatic rings. The maximum absolute atomic E-state index is 11.3. The summed E-state index contributed by atoms with van der Waals surface area (Å²) in [5.74, 6) is 0.925. The van der Waals surface area contributed by atoms with Gasteiger partial charge >= 0.3 is 6.09 Å². The molecule has 1 aromatic heterocycles. The van der Waals surface area contributed by atoms with Crippen molar-refractivity contribution in [3.63, 3.8) is 0 Å². The van der Waals surface area contributed by atoms with E-state index in [0.717, 1.165) is 45.0 Å². The van der Waals surface area contributed by atoms with Gasteiger partial charge in [0.15, 0.2) is 0 Å². The summed E-state index contributed by atoms with van der Waals surface area (Å²) < 4.78 is 2.04. The Balaban J connectivity index is 1.34. The summed E-state index contributed by atoms with van der Waals surface area (Å²) in [6, 6.07) is 8.83. The lowest BCUT2D eigenvalue weighted by atomic mass is 10.0. The minimum atomic E-state index is -0.777. The number of amides is 1. The van der Waals surface area contributed by atoms with Gasteiger partial charge in [-0.25, -0.2) is 4.79 Å². The van der Waals surface area contributed by atoms with E-state index in [4.69, 9.17) is 5.10 Å². The van der Waals surface area contributed by atoms with Crippen LogP contribution in [0.25, 0.3) is 11.3 Å². The second-order valence-electron chi connectivity index (χ2n) is 9.00. The van der Waals surface area contributed by atoms with Crippen molar-refractivity contribution >= 4 is 11.8 Å². The van der Waals surface area contributed by atoms with Crippen molar-refractivity contribution in [1.29, 1.82) is 0 Å². The molecule has 1 aromatic carbocycles. The minimum Gasteiger partial charge on any atom is -0.465 e. The molecule has 2 atom stereocenters. The van der Waals surface area contributed by atoms with E-state index < -0.39 is 6.09 Å². The summed E-state index contributed by atoms with van der Waals surface area (Å²) in [6.07, 6.45) is 3.96. The molecule has 1 amide bonds. The lowest BCUT2D eigenvalue weighted by Gasteiger charge is -2.20. The number of fused-ring (bicyclic) bond motifs is 1. The fourth-order valence-electron chi connectivity index (χ4n) is 5.43. The van der Waals surface area contributed by atoms with Crippen LogP contribution < -0.4 is 4.90 Å². The standard InChI is InChI=1S/C23H31N5O2/c1-2-28-16-20(13-25-11-18-14-27(23(29)30)15-19(18)12-25)22(24-28)17-6-5-7-21(10-17)26-8-3-4-9-26/h5-7,10,16,18-19H,2-4,8-9,11-15H2,1H3,(H,29,30). The lowest BCUT2D eigenvalue weighted by Crippen LogP contribution is -2.32. The number of aromatic nitrogens is 2. The van der Waals surface area contributed by atoms with Gasteiger partial charge in [0.1, 0.15) is 0 Å². The van der Waals surface area contributed by atoms with Gasteiger partial charge in [0.25, 0.3) is 0 Å². The number of nitrogens with zero attached hydrogens (tertiary/aromatic N) is 5. The zero-order valence-electron chi connectivity index (χ0n) is 17.7. The molecular weight excluding hydrogens is 378 g/mol. The van der Waals surface area contributed by atoms with Crippen LogP contribution in [0, 0.1) is 11.8 Å². The summed E-state index contributed by atoms with van der Waals surface area (Å²) in [5, 5.41) is 14.2. The number of hydrogen-bond donors (Lipinski definition) is 1. The summed E-state index contributed by atoms with van der Waals surface area (Å²) in [6.45, 7) is 9.44. The van der Waals surface area contributed by atoms with Crippen LogP contribution in [-0.4, -0.2) is 70.0 Å². The van der Waals surface area contributed by atoms with E-state index in [1.165, 1.54) is 29.7 Å². The molecule has 0 spiro atoms. The van der Waals surface area contributed by atoms with Crippen LogP contribution in [0.3, 0.4) is 0 Å². The molecule has 30 heavy (non-hydrogen) atoms. The number of likely N-dealkylation sites (tertiary alicyclic amines) is 2. The molecule has 3 aliphatic rings. The number of rotatable bonds is 5. The molecule has 5 rings (SSSR count). The molecule has 0 saturated carbocycles. The number of benzene rings is 1. The SMILES string of the molecule is CCn1cc(CN2CC3CN(C(=O)O)CC3C2)c(-c2cccc(N3CCCC3)c2)n1. The summed E-state index contributed by atoms with van der Waals surface area (Å²) in [5.41, 5.74) is 4.84. The first-order valence-corrected chi connectivity index (χ1v) is 11.2. The van der Waals surface area contributed by atoms with E-state index in [-0.39, 0.29) is 0 Å². The second-order valence-corrected chi connectivity index (χ2v) is 9.00. The van der Waals surface area contributed by atoms with Gasteiger partial charge in [0, 0.05) is 75.4 Å². The Bertz CT molecular complexity index is 906. The van der Waals surface area contributed by atoms with E-state index in [0.29, 0.717) is 24.9 Å². The molecule has 0 radical (unpaired) electrons. The quantitative estimate of drug-likeness (QED) is 0.822. The highest BCUT2D eigenvalue weighted by molar-refractivity contribution is 5.68. The molecule has 3 aliphatic heterocycles. The predicted molar refractivity (Wildman–Crippen MR) is 117 cm³/mol. The van der Waals surface area contributed by atoms with E-state index in [2.05, 4.69) is 47.2 Å². The number of hydrogen-bond acceptors (Lipinski definition) is 4. The average Bonchev–Trinajstić information content (AvgIpc) is 3.51. The number of aryl methyl sites for hydroxylation is 1. The Morgan fingerprint density at radius 3 is 2.53 bits per heavy atom. The fourth-order valence-corrected chi connectivity index (χ4v) is 5.43. The third kappa shape index (κ3) is 3.67. The van der Waals surface area contributed by atoms with Gasteiger partial charge in [0.2, 0.25) is 0 Å². The molecule has 160 valence electrons. The molecule has 7 nitrogen and oxygen atoms in total. The van der Waals surface area contributed by atoms with E-state index in [1.807, 2.05) is 4.68 Å². The van der Waals surface area contributed by atoms with Gasteiger partial charge < -0.3 is 14.9 Å². The maximum atomic E-state index is 11.3. The van der Waals surface area contributed by atoms with Crippen LogP contribution in [0.15, 0.2) is 30.5 Å². The van der Waals surface area contributed by atoms with Gasteiger partial charge in [0.05, 0.1) is 5.69 Å². The van der Waals surface area contributed by atoms with Gasteiger partial charge in [-0.2, -0.15) is 5.10 Å². The summed E-state index contributed by atoms with van der Waals surface area (Å²) in [7, 11) is 0. The summed E-state index contributed by atoms with van der Waals surface area (Å²) in [4.78, 5) is 17.8. The van der Waals surface area contributed by atoms with Gasteiger partial charge in [-0.1, -0.05) is 12.1 Å². The highest BCUT2D eigenvalue weighted by atomic mass is 16.4. The maximum Gasteiger partial charge on any atom is 0.407 e. The first-order valence-electron chi connectivity index (χ1n) is 11.2. The Labute approximate surface area is 177 Å². The minimum absolute atomic E-state index is 0.462. The van der Waals surface area contributed by atoms with Crippen molar-refractivity contribution in [2.24, 2.45) is 11.8 Å².